The van der Waals surface area contributed by atoms with Gasteiger partial charge < -0.3 is 15.0 Å². The fourth-order valence-corrected chi connectivity index (χ4v) is 3.97. The van der Waals surface area contributed by atoms with Crippen molar-refractivity contribution in [3.05, 3.63) is 89.2 Å². The topological polar surface area (TPSA) is 102 Å². The molecule has 9 nitrogen and oxygen atoms in total. The fraction of sp³-hybridized carbons (Fsp3) is 0.240. The molecule has 180 valence electrons. The molecule has 4 aromatic rings. The summed E-state index contributed by atoms with van der Waals surface area (Å²) in [4.78, 5) is 32.9. The number of pyridine rings is 1. The van der Waals surface area contributed by atoms with Crippen LogP contribution in [0.1, 0.15) is 17.2 Å². The number of rotatable bonds is 10. The van der Waals surface area contributed by atoms with Crippen molar-refractivity contribution in [2.75, 3.05) is 20.3 Å². The molecule has 4 rings (SSSR count). The average Bonchev–Trinajstić information content (AvgIpc) is 3.28. The normalized spacial score (nSPS) is 11.8. The highest BCUT2D eigenvalue weighted by Gasteiger charge is 2.32. The van der Waals surface area contributed by atoms with Gasteiger partial charge in [-0.1, -0.05) is 53.2 Å². The molecule has 0 bridgehead atoms. The molecule has 2 aromatic heterocycles. The number of methoxy groups -OCH3 is 1. The predicted molar refractivity (Wildman–Crippen MR) is 131 cm³/mol. The molecule has 0 saturated carbocycles. The van der Waals surface area contributed by atoms with E-state index in [0.717, 1.165) is 5.52 Å². The lowest BCUT2D eigenvalue weighted by Gasteiger charge is -2.31. The highest BCUT2D eigenvalue weighted by Crippen LogP contribution is 2.26. The number of para-hydroxylation sites is 1. The number of carbonyl (C=O) groups excluding carboxylic acids is 2. The van der Waals surface area contributed by atoms with E-state index >= 15 is 0 Å². The number of nitrogens with zero attached hydrogens (tertiary/aromatic N) is 5. The summed E-state index contributed by atoms with van der Waals surface area (Å²) in [6.07, 6.45) is 3.20. The third-order valence-electron chi connectivity index (χ3n) is 5.49. The molecule has 1 atom stereocenters. The Morgan fingerprint density at radius 3 is 2.69 bits per heavy atom. The summed E-state index contributed by atoms with van der Waals surface area (Å²) in [5.41, 5.74) is 2.69. The van der Waals surface area contributed by atoms with Crippen LogP contribution in [0.4, 0.5) is 0 Å². The van der Waals surface area contributed by atoms with Crippen LogP contribution in [0.2, 0.25) is 5.02 Å². The SMILES string of the molecule is COCCNC(=O)[C@H](c1cccnc1)N(Cc1ccccc1Cl)C(=O)Cn1nnc2ccccc21. The molecule has 1 N–H and O–H groups in total. The number of hydrogen-bond acceptors (Lipinski definition) is 6. The first-order chi connectivity index (χ1) is 17.1. The molecule has 10 heteroatoms. The van der Waals surface area contributed by atoms with E-state index in [0.29, 0.717) is 34.8 Å². The molecule has 2 heterocycles. The van der Waals surface area contributed by atoms with Gasteiger partial charge in [-0.05, 0) is 29.8 Å². The Kier molecular flexibility index (Phi) is 8.02. The van der Waals surface area contributed by atoms with Crippen LogP contribution in [0.15, 0.2) is 73.1 Å². The Labute approximate surface area is 207 Å². The van der Waals surface area contributed by atoms with Gasteiger partial charge in [-0.3, -0.25) is 14.6 Å². The average molecular weight is 493 g/mol. The summed E-state index contributed by atoms with van der Waals surface area (Å²) >= 11 is 6.43. The Bertz CT molecular complexity index is 1300. The van der Waals surface area contributed by atoms with E-state index in [4.69, 9.17) is 16.3 Å². The molecule has 0 aliphatic rings. The molecule has 35 heavy (non-hydrogen) atoms. The number of benzene rings is 2. The summed E-state index contributed by atoms with van der Waals surface area (Å²) in [5.74, 6) is -0.671. The van der Waals surface area contributed by atoms with Crippen LogP contribution in [0.5, 0.6) is 0 Å². The zero-order chi connectivity index (χ0) is 24.6. The number of aromatic nitrogens is 4. The minimum atomic E-state index is -0.945. The smallest absolute Gasteiger partial charge is 0.247 e. The molecule has 0 saturated heterocycles. The van der Waals surface area contributed by atoms with Crippen LogP contribution < -0.4 is 5.32 Å². The van der Waals surface area contributed by atoms with E-state index in [2.05, 4.69) is 20.6 Å². The van der Waals surface area contributed by atoms with Crippen molar-refractivity contribution >= 4 is 34.4 Å². The highest BCUT2D eigenvalue weighted by atomic mass is 35.5. The molecular formula is C25H25ClN6O3. The van der Waals surface area contributed by atoms with Gasteiger partial charge in [-0.2, -0.15) is 0 Å². The molecule has 2 aromatic carbocycles. The van der Waals surface area contributed by atoms with Crippen molar-refractivity contribution in [2.24, 2.45) is 0 Å². The Morgan fingerprint density at radius 1 is 1.11 bits per heavy atom. The highest BCUT2D eigenvalue weighted by molar-refractivity contribution is 6.31. The van der Waals surface area contributed by atoms with E-state index in [-0.39, 0.29) is 24.9 Å². The summed E-state index contributed by atoms with van der Waals surface area (Å²) < 4.78 is 6.59. The number of halogens is 1. The number of fused-ring (bicyclic) bond motifs is 1. The number of ether oxygens (including phenoxy) is 1. The number of carbonyl (C=O) groups is 2. The van der Waals surface area contributed by atoms with Gasteiger partial charge in [0, 0.05) is 43.2 Å². The minimum absolute atomic E-state index is 0.104. The van der Waals surface area contributed by atoms with Gasteiger partial charge in [-0.25, -0.2) is 4.68 Å². The number of amides is 2. The van der Waals surface area contributed by atoms with Crippen molar-refractivity contribution in [2.45, 2.75) is 19.1 Å². The van der Waals surface area contributed by atoms with Crippen LogP contribution in [0.3, 0.4) is 0 Å². The lowest BCUT2D eigenvalue weighted by atomic mass is 10.0. The summed E-state index contributed by atoms with van der Waals surface area (Å²) in [7, 11) is 1.56. The maximum Gasteiger partial charge on any atom is 0.247 e. The number of hydrogen-bond donors (Lipinski definition) is 1. The van der Waals surface area contributed by atoms with Crippen LogP contribution in [0.25, 0.3) is 11.0 Å². The first-order valence-electron chi connectivity index (χ1n) is 11.1. The fourth-order valence-electron chi connectivity index (χ4n) is 3.77. The molecule has 0 radical (unpaired) electrons. The second-order valence-electron chi connectivity index (χ2n) is 7.82. The molecular weight excluding hydrogens is 468 g/mol. The van der Waals surface area contributed by atoms with Gasteiger partial charge in [-0.15, -0.1) is 5.10 Å². The van der Waals surface area contributed by atoms with Gasteiger partial charge in [0.1, 0.15) is 18.1 Å². The Hall–Kier alpha value is -3.82. The molecule has 0 aliphatic heterocycles. The molecule has 2 amide bonds. The third kappa shape index (κ3) is 5.82. The van der Waals surface area contributed by atoms with Crippen molar-refractivity contribution in [3.8, 4) is 0 Å². The van der Waals surface area contributed by atoms with E-state index in [1.54, 1.807) is 37.7 Å². The zero-order valence-electron chi connectivity index (χ0n) is 19.2. The van der Waals surface area contributed by atoms with Crippen molar-refractivity contribution < 1.29 is 14.3 Å². The monoisotopic (exact) mass is 492 g/mol. The maximum absolute atomic E-state index is 13.8. The number of nitrogens with one attached hydrogen (secondary N) is 1. The standard InChI is InChI=1S/C25H25ClN6O3/c1-35-14-13-28-25(34)24(18-8-6-12-27-15-18)31(16-19-7-2-3-9-20(19)26)23(33)17-32-22-11-5-4-10-21(22)29-30-32/h2-12,15,24H,13-14,16-17H2,1H3,(H,28,34)/t24-/m0/s1. The maximum atomic E-state index is 13.8. The van der Waals surface area contributed by atoms with Gasteiger partial charge in [0.2, 0.25) is 11.8 Å². The van der Waals surface area contributed by atoms with E-state index in [1.807, 2.05) is 42.5 Å². The molecule has 0 aliphatic carbocycles. The molecule has 0 spiro atoms. The van der Waals surface area contributed by atoms with Gasteiger partial charge in [0.15, 0.2) is 0 Å². The van der Waals surface area contributed by atoms with E-state index in [1.165, 1.54) is 9.58 Å². The van der Waals surface area contributed by atoms with Crippen molar-refractivity contribution in [1.82, 2.24) is 30.2 Å². The quantitative estimate of drug-likeness (QED) is 0.341. The zero-order valence-corrected chi connectivity index (χ0v) is 19.9. The van der Waals surface area contributed by atoms with Gasteiger partial charge in [0.25, 0.3) is 0 Å². The van der Waals surface area contributed by atoms with Crippen LogP contribution in [0, 0.1) is 0 Å². The lowest BCUT2D eigenvalue weighted by molar-refractivity contribution is -0.142. The largest absolute Gasteiger partial charge is 0.383 e. The summed E-state index contributed by atoms with van der Waals surface area (Å²) in [5, 5.41) is 11.6. The van der Waals surface area contributed by atoms with Crippen molar-refractivity contribution in [1.29, 1.82) is 0 Å². The molecule has 0 unspecified atom stereocenters. The van der Waals surface area contributed by atoms with Crippen LogP contribution in [-0.2, 0) is 27.4 Å². The van der Waals surface area contributed by atoms with Gasteiger partial charge in [0.05, 0.1) is 12.1 Å². The van der Waals surface area contributed by atoms with Crippen LogP contribution in [-0.4, -0.2) is 57.0 Å². The first kappa shape index (κ1) is 24.3. The van der Waals surface area contributed by atoms with E-state index < -0.39 is 6.04 Å². The second kappa shape index (κ2) is 11.5. The second-order valence-corrected chi connectivity index (χ2v) is 8.23. The first-order valence-corrected chi connectivity index (χ1v) is 11.4. The Balaban J connectivity index is 1.72. The van der Waals surface area contributed by atoms with Gasteiger partial charge >= 0.3 is 0 Å². The lowest BCUT2D eigenvalue weighted by Crippen LogP contribution is -2.45. The Morgan fingerprint density at radius 2 is 1.91 bits per heavy atom. The molecule has 0 fully saturated rings. The summed E-state index contributed by atoms with van der Waals surface area (Å²) in [6, 6.07) is 17.2. The minimum Gasteiger partial charge on any atom is -0.383 e. The predicted octanol–water partition coefficient (Wildman–Crippen LogP) is 3.01. The van der Waals surface area contributed by atoms with Crippen molar-refractivity contribution in [3.63, 3.8) is 0 Å². The summed E-state index contributed by atoms with van der Waals surface area (Å²) in [6.45, 7) is 0.651. The van der Waals surface area contributed by atoms with Crippen LogP contribution >= 0.6 is 11.6 Å². The van der Waals surface area contributed by atoms with E-state index in [9.17, 15) is 9.59 Å². The third-order valence-corrected chi connectivity index (χ3v) is 5.86.